The van der Waals surface area contributed by atoms with Crippen LogP contribution in [0.1, 0.15) is 32.8 Å². The van der Waals surface area contributed by atoms with Crippen molar-refractivity contribution < 1.29 is 5.11 Å². The highest BCUT2D eigenvalue weighted by atomic mass is 16.3. The van der Waals surface area contributed by atoms with Crippen LogP contribution in [0.5, 0.6) is 5.75 Å². The second kappa shape index (κ2) is 7.58. The lowest BCUT2D eigenvalue weighted by atomic mass is 10.2. The Hall–Kier alpha value is -1.71. The molecule has 100 valence electrons. The molecule has 1 unspecified atom stereocenters. The van der Waals surface area contributed by atoms with E-state index in [0.717, 1.165) is 24.5 Å². The number of aliphatic imine (C=N–C) groups is 1. The van der Waals surface area contributed by atoms with Crippen molar-refractivity contribution in [1.82, 2.24) is 10.6 Å². The number of hydrogen-bond donors (Lipinski definition) is 3. The van der Waals surface area contributed by atoms with Crippen LogP contribution in [-0.2, 0) is 6.54 Å². The Morgan fingerprint density at radius 3 is 2.50 bits per heavy atom. The van der Waals surface area contributed by atoms with Gasteiger partial charge in [-0.25, -0.2) is 4.99 Å². The Bertz CT molecular complexity index is 373. The number of aromatic hydroxyl groups is 1. The van der Waals surface area contributed by atoms with E-state index in [-0.39, 0.29) is 5.75 Å². The van der Waals surface area contributed by atoms with Crippen LogP contribution >= 0.6 is 0 Å². The molecule has 0 aliphatic heterocycles. The summed E-state index contributed by atoms with van der Waals surface area (Å²) in [7, 11) is 0. The first-order chi connectivity index (χ1) is 8.65. The summed E-state index contributed by atoms with van der Waals surface area (Å²) in [5, 5.41) is 15.8. The third kappa shape index (κ3) is 5.08. The number of guanidine groups is 1. The summed E-state index contributed by atoms with van der Waals surface area (Å²) in [4.78, 5) is 4.51. The second-order valence-corrected chi connectivity index (χ2v) is 4.32. The third-order valence-electron chi connectivity index (χ3n) is 2.70. The minimum Gasteiger partial charge on any atom is -0.508 e. The zero-order valence-corrected chi connectivity index (χ0v) is 11.4. The smallest absolute Gasteiger partial charge is 0.191 e. The fourth-order valence-corrected chi connectivity index (χ4v) is 1.43. The molecule has 0 aliphatic rings. The summed E-state index contributed by atoms with van der Waals surface area (Å²) in [6.07, 6.45) is 1.06. The molecule has 0 aromatic heterocycles. The van der Waals surface area contributed by atoms with Crippen LogP contribution in [0.4, 0.5) is 0 Å². The average molecular weight is 249 g/mol. The molecule has 0 bridgehead atoms. The van der Waals surface area contributed by atoms with E-state index in [9.17, 15) is 5.11 Å². The van der Waals surface area contributed by atoms with Gasteiger partial charge in [-0.15, -0.1) is 0 Å². The highest BCUT2D eigenvalue weighted by Gasteiger charge is 2.02. The van der Waals surface area contributed by atoms with Gasteiger partial charge in [0.15, 0.2) is 5.96 Å². The number of rotatable bonds is 5. The van der Waals surface area contributed by atoms with E-state index in [1.54, 1.807) is 12.1 Å². The minimum atomic E-state index is 0.285. The molecule has 1 atom stereocenters. The van der Waals surface area contributed by atoms with Gasteiger partial charge in [0.05, 0.1) is 6.54 Å². The van der Waals surface area contributed by atoms with Crippen molar-refractivity contribution in [3.05, 3.63) is 29.8 Å². The maximum absolute atomic E-state index is 9.21. The molecule has 0 amide bonds. The molecular weight excluding hydrogens is 226 g/mol. The predicted octanol–water partition coefficient (Wildman–Crippen LogP) is 2.25. The number of phenolic OH excluding ortho intramolecular Hbond substituents is 1. The van der Waals surface area contributed by atoms with E-state index < -0.39 is 0 Å². The highest BCUT2D eigenvalue weighted by Crippen LogP contribution is 2.10. The van der Waals surface area contributed by atoms with E-state index in [0.29, 0.717) is 12.6 Å². The summed E-state index contributed by atoms with van der Waals surface area (Å²) in [6, 6.07) is 7.53. The molecule has 4 nitrogen and oxygen atoms in total. The number of hydrogen-bond acceptors (Lipinski definition) is 2. The lowest BCUT2D eigenvalue weighted by Gasteiger charge is -2.16. The van der Waals surface area contributed by atoms with Crippen LogP contribution in [0.25, 0.3) is 0 Å². The van der Waals surface area contributed by atoms with Crippen LogP contribution in [0.2, 0.25) is 0 Å². The zero-order chi connectivity index (χ0) is 13.4. The minimum absolute atomic E-state index is 0.285. The maximum Gasteiger partial charge on any atom is 0.191 e. The summed E-state index contributed by atoms with van der Waals surface area (Å²) < 4.78 is 0. The standard InChI is InChI=1S/C14H23N3O/c1-4-11(3)17-14(15-5-2)16-10-12-6-8-13(18)9-7-12/h6-9,11,18H,4-5,10H2,1-3H3,(H2,15,16,17). The van der Waals surface area contributed by atoms with E-state index in [1.807, 2.05) is 19.1 Å². The molecule has 0 fully saturated rings. The molecule has 0 aliphatic carbocycles. The molecule has 4 heteroatoms. The molecule has 3 N–H and O–H groups in total. The molecule has 0 saturated heterocycles. The number of benzene rings is 1. The van der Waals surface area contributed by atoms with Gasteiger partial charge in [-0.3, -0.25) is 0 Å². The van der Waals surface area contributed by atoms with Gasteiger partial charge in [0.2, 0.25) is 0 Å². The zero-order valence-electron chi connectivity index (χ0n) is 11.4. The lowest BCUT2D eigenvalue weighted by Crippen LogP contribution is -2.41. The van der Waals surface area contributed by atoms with Gasteiger partial charge < -0.3 is 15.7 Å². The summed E-state index contributed by atoms with van der Waals surface area (Å²) in [5.41, 5.74) is 1.08. The fourth-order valence-electron chi connectivity index (χ4n) is 1.43. The second-order valence-electron chi connectivity index (χ2n) is 4.32. The topological polar surface area (TPSA) is 56.7 Å². The summed E-state index contributed by atoms with van der Waals surface area (Å²) in [6.45, 7) is 7.77. The van der Waals surface area contributed by atoms with Crippen molar-refractivity contribution in [2.24, 2.45) is 4.99 Å². The molecule has 1 aromatic rings. The molecule has 1 rings (SSSR count). The predicted molar refractivity (Wildman–Crippen MR) is 75.8 cm³/mol. The monoisotopic (exact) mass is 249 g/mol. The van der Waals surface area contributed by atoms with Gasteiger partial charge in [0.25, 0.3) is 0 Å². The van der Waals surface area contributed by atoms with Gasteiger partial charge in [-0.1, -0.05) is 19.1 Å². The van der Waals surface area contributed by atoms with Gasteiger partial charge in [-0.05, 0) is 38.0 Å². The Balaban J connectivity index is 2.61. The van der Waals surface area contributed by atoms with Gasteiger partial charge >= 0.3 is 0 Å². The Kier molecular flexibility index (Phi) is 6.05. The SMILES string of the molecule is CCNC(=NCc1ccc(O)cc1)NC(C)CC. The molecule has 0 spiro atoms. The first-order valence-electron chi connectivity index (χ1n) is 6.48. The van der Waals surface area contributed by atoms with Crippen LogP contribution < -0.4 is 10.6 Å². The quantitative estimate of drug-likeness (QED) is 0.554. The van der Waals surface area contributed by atoms with Crippen LogP contribution in [0.3, 0.4) is 0 Å². The van der Waals surface area contributed by atoms with Gasteiger partial charge in [-0.2, -0.15) is 0 Å². The highest BCUT2D eigenvalue weighted by molar-refractivity contribution is 5.80. The first kappa shape index (κ1) is 14.4. The summed E-state index contributed by atoms with van der Waals surface area (Å²) >= 11 is 0. The largest absolute Gasteiger partial charge is 0.508 e. The van der Waals surface area contributed by atoms with Crippen LogP contribution in [0.15, 0.2) is 29.3 Å². The molecular formula is C14H23N3O. The normalized spacial score (nSPS) is 13.2. The third-order valence-corrected chi connectivity index (χ3v) is 2.70. The van der Waals surface area contributed by atoms with E-state index >= 15 is 0 Å². The lowest BCUT2D eigenvalue weighted by molar-refractivity contribution is 0.475. The average Bonchev–Trinajstić information content (AvgIpc) is 2.38. The Morgan fingerprint density at radius 2 is 1.94 bits per heavy atom. The van der Waals surface area contributed by atoms with Crippen LogP contribution in [0, 0.1) is 0 Å². The number of nitrogens with one attached hydrogen (secondary N) is 2. The van der Waals surface area contributed by atoms with Crippen LogP contribution in [-0.4, -0.2) is 23.7 Å². The van der Waals surface area contributed by atoms with Crippen molar-refractivity contribution in [2.45, 2.75) is 39.8 Å². The van der Waals surface area contributed by atoms with Gasteiger partial charge in [0, 0.05) is 12.6 Å². The van der Waals surface area contributed by atoms with E-state index in [4.69, 9.17) is 0 Å². The Morgan fingerprint density at radius 1 is 1.28 bits per heavy atom. The van der Waals surface area contributed by atoms with Crippen molar-refractivity contribution >= 4 is 5.96 Å². The van der Waals surface area contributed by atoms with Crippen molar-refractivity contribution in [2.75, 3.05) is 6.54 Å². The summed E-state index contributed by atoms with van der Waals surface area (Å²) in [5.74, 6) is 1.12. The molecule has 0 saturated carbocycles. The molecule has 1 aromatic carbocycles. The number of nitrogens with zero attached hydrogens (tertiary/aromatic N) is 1. The molecule has 0 heterocycles. The van der Waals surface area contributed by atoms with E-state index in [1.165, 1.54) is 0 Å². The van der Waals surface area contributed by atoms with E-state index in [2.05, 4.69) is 29.5 Å². The fraction of sp³-hybridized carbons (Fsp3) is 0.500. The van der Waals surface area contributed by atoms with Gasteiger partial charge in [0.1, 0.15) is 5.75 Å². The van der Waals surface area contributed by atoms with Crippen molar-refractivity contribution in [3.63, 3.8) is 0 Å². The van der Waals surface area contributed by atoms with Crippen molar-refractivity contribution in [3.8, 4) is 5.75 Å². The maximum atomic E-state index is 9.21. The molecule has 0 radical (unpaired) electrons. The van der Waals surface area contributed by atoms with Crippen molar-refractivity contribution in [1.29, 1.82) is 0 Å². The first-order valence-corrected chi connectivity index (χ1v) is 6.48. The Labute approximate surface area is 109 Å². The molecule has 18 heavy (non-hydrogen) atoms. The number of phenols is 1.